The Hall–Kier alpha value is -1.69. The standard InChI is InChI=1S/C15H22N4O2/c20-10-13-9-19(18-17-13)8-12-5-2-6-14(12)16-15(21)7-11-3-1-4-11/h7,9,12,14,20H,1-6,8,10H2,(H,16,21)/t12-,14-/m0/s1. The maximum absolute atomic E-state index is 12.0. The second kappa shape index (κ2) is 6.39. The number of allylic oxidation sites excluding steroid dienone is 1. The molecule has 0 bridgehead atoms. The maximum atomic E-state index is 12.0. The molecule has 2 aliphatic carbocycles. The zero-order chi connectivity index (χ0) is 14.7. The number of aliphatic hydroxyl groups excluding tert-OH is 1. The first kappa shape index (κ1) is 14.3. The van der Waals surface area contributed by atoms with Gasteiger partial charge in [0.1, 0.15) is 5.69 Å². The number of aliphatic hydroxyl groups is 1. The van der Waals surface area contributed by atoms with Crippen molar-refractivity contribution in [3.63, 3.8) is 0 Å². The molecule has 1 amide bonds. The minimum atomic E-state index is -0.0849. The van der Waals surface area contributed by atoms with Gasteiger partial charge in [0.2, 0.25) is 5.91 Å². The van der Waals surface area contributed by atoms with Gasteiger partial charge in [0, 0.05) is 18.7 Å². The molecular weight excluding hydrogens is 268 g/mol. The van der Waals surface area contributed by atoms with Gasteiger partial charge in [0.15, 0.2) is 0 Å². The second-order valence-corrected chi connectivity index (χ2v) is 6.05. The van der Waals surface area contributed by atoms with E-state index >= 15 is 0 Å². The molecule has 0 spiro atoms. The summed E-state index contributed by atoms with van der Waals surface area (Å²) < 4.78 is 1.77. The van der Waals surface area contributed by atoms with Crippen LogP contribution in [0.3, 0.4) is 0 Å². The van der Waals surface area contributed by atoms with Gasteiger partial charge in [-0.2, -0.15) is 0 Å². The summed E-state index contributed by atoms with van der Waals surface area (Å²) in [6.45, 7) is 0.660. The van der Waals surface area contributed by atoms with E-state index in [9.17, 15) is 4.79 Å². The Balaban J connectivity index is 1.55. The summed E-state index contributed by atoms with van der Waals surface area (Å²) in [4.78, 5) is 12.0. The molecule has 2 N–H and O–H groups in total. The van der Waals surface area contributed by atoms with Gasteiger partial charge in [-0.25, -0.2) is 0 Å². The maximum Gasteiger partial charge on any atom is 0.244 e. The van der Waals surface area contributed by atoms with Crippen LogP contribution in [0.4, 0.5) is 0 Å². The van der Waals surface area contributed by atoms with E-state index in [0.29, 0.717) is 11.6 Å². The summed E-state index contributed by atoms with van der Waals surface area (Å²) in [6.07, 6.45) is 10.2. The molecule has 1 aromatic heterocycles. The van der Waals surface area contributed by atoms with E-state index in [0.717, 1.165) is 38.6 Å². The van der Waals surface area contributed by atoms with E-state index in [-0.39, 0.29) is 18.6 Å². The second-order valence-electron chi connectivity index (χ2n) is 6.05. The molecule has 2 saturated carbocycles. The van der Waals surface area contributed by atoms with Crippen LogP contribution < -0.4 is 5.32 Å². The van der Waals surface area contributed by atoms with Crippen LogP contribution in [0, 0.1) is 5.92 Å². The van der Waals surface area contributed by atoms with E-state index in [1.165, 1.54) is 12.0 Å². The summed E-state index contributed by atoms with van der Waals surface area (Å²) >= 11 is 0. The zero-order valence-electron chi connectivity index (χ0n) is 12.2. The Labute approximate surface area is 124 Å². The van der Waals surface area contributed by atoms with Crippen molar-refractivity contribution in [1.82, 2.24) is 20.3 Å². The van der Waals surface area contributed by atoms with E-state index in [1.807, 2.05) is 0 Å². The topological polar surface area (TPSA) is 80.0 Å². The number of carbonyl (C=O) groups excluding carboxylic acids is 1. The molecule has 0 aromatic carbocycles. The van der Waals surface area contributed by atoms with Crippen LogP contribution in [0.2, 0.25) is 0 Å². The van der Waals surface area contributed by atoms with Gasteiger partial charge in [-0.15, -0.1) is 5.10 Å². The Morgan fingerprint density at radius 1 is 1.43 bits per heavy atom. The first-order valence-electron chi connectivity index (χ1n) is 7.74. The van der Waals surface area contributed by atoms with Crippen LogP contribution in [-0.4, -0.2) is 32.0 Å². The highest BCUT2D eigenvalue weighted by atomic mass is 16.3. The molecule has 2 aliphatic rings. The van der Waals surface area contributed by atoms with E-state index in [1.54, 1.807) is 17.0 Å². The number of nitrogens with one attached hydrogen (secondary N) is 1. The Kier molecular flexibility index (Phi) is 4.34. The predicted octanol–water partition coefficient (Wildman–Crippen LogP) is 1.17. The lowest BCUT2D eigenvalue weighted by atomic mass is 9.92. The lowest BCUT2D eigenvalue weighted by molar-refractivity contribution is -0.117. The molecule has 6 nitrogen and oxygen atoms in total. The number of amides is 1. The number of hydrogen-bond donors (Lipinski definition) is 2. The van der Waals surface area contributed by atoms with Crippen molar-refractivity contribution in [3.05, 3.63) is 23.5 Å². The molecule has 1 aromatic rings. The van der Waals surface area contributed by atoms with Crippen molar-refractivity contribution in [2.75, 3.05) is 0 Å². The summed E-state index contributed by atoms with van der Waals surface area (Å²) in [7, 11) is 0. The normalized spacial score (nSPS) is 24.7. The molecular formula is C15H22N4O2. The van der Waals surface area contributed by atoms with Crippen molar-refractivity contribution in [1.29, 1.82) is 0 Å². The molecule has 6 heteroatoms. The van der Waals surface area contributed by atoms with Gasteiger partial charge in [0.05, 0.1) is 12.8 Å². The highest BCUT2D eigenvalue weighted by Gasteiger charge is 2.29. The van der Waals surface area contributed by atoms with E-state index in [4.69, 9.17) is 5.11 Å². The average Bonchev–Trinajstić information content (AvgIpc) is 3.05. The van der Waals surface area contributed by atoms with Gasteiger partial charge in [-0.05, 0) is 38.0 Å². The van der Waals surface area contributed by atoms with Crippen molar-refractivity contribution >= 4 is 5.91 Å². The molecule has 2 atom stereocenters. The summed E-state index contributed by atoms with van der Waals surface area (Å²) in [5, 5.41) is 20.1. The van der Waals surface area contributed by atoms with Crippen molar-refractivity contribution in [2.24, 2.45) is 5.92 Å². The van der Waals surface area contributed by atoms with Gasteiger partial charge >= 0.3 is 0 Å². The molecule has 0 aliphatic heterocycles. The van der Waals surface area contributed by atoms with Gasteiger partial charge < -0.3 is 10.4 Å². The largest absolute Gasteiger partial charge is 0.390 e. The molecule has 114 valence electrons. The number of carbonyl (C=O) groups is 1. The van der Waals surface area contributed by atoms with Crippen LogP contribution >= 0.6 is 0 Å². The predicted molar refractivity (Wildman–Crippen MR) is 77.2 cm³/mol. The SMILES string of the molecule is O=C(C=C1CCC1)N[C@H]1CCC[C@H]1Cn1cc(CO)nn1. The molecule has 2 fully saturated rings. The summed E-state index contributed by atoms with van der Waals surface area (Å²) in [5.41, 5.74) is 1.86. The number of rotatable bonds is 5. The molecule has 0 unspecified atom stereocenters. The van der Waals surface area contributed by atoms with Crippen molar-refractivity contribution < 1.29 is 9.90 Å². The molecule has 0 radical (unpaired) electrons. The fourth-order valence-electron chi connectivity index (χ4n) is 3.12. The average molecular weight is 290 g/mol. The van der Waals surface area contributed by atoms with Crippen molar-refractivity contribution in [3.8, 4) is 0 Å². The fraction of sp³-hybridized carbons (Fsp3) is 0.667. The number of hydrogen-bond acceptors (Lipinski definition) is 4. The van der Waals surface area contributed by atoms with Crippen LogP contribution in [0.5, 0.6) is 0 Å². The van der Waals surface area contributed by atoms with Gasteiger partial charge in [-0.3, -0.25) is 9.48 Å². The zero-order valence-corrected chi connectivity index (χ0v) is 12.2. The van der Waals surface area contributed by atoms with Gasteiger partial charge in [0.25, 0.3) is 0 Å². The smallest absolute Gasteiger partial charge is 0.244 e. The van der Waals surface area contributed by atoms with Crippen LogP contribution in [0.25, 0.3) is 0 Å². The summed E-state index contributed by atoms with van der Waals surface area (Å²) in [5.74, 6) is 0.443. The molecule has 0 saturated heterocycles. The van der Waals surface area contributed by atoms with E-state index < -0.39 is 0 Å². The molecule has 21 heavy (non-hydrogen) atoms. The van der Waals surface area contributed by atoms with Crippen LogP contribution in [0.15, 0.2) is 17.8 Å². The number of aromatic nitrogens is 3. The first-order chi connectivity index (χ1) is 10.2. The van der Waals surface area contributed by atoms with Crippen molar-refractivity contribution in [2.45, 2.75) is 57.7 Å². The molecule has 3 rings (SSSR count). The minimum Gasteiger partial charge on any atom is -0.390 e. The third-order valence-electron chi connectivity index (χ3n) is 4.49. The van der Waals surface area contributed by atoms with Crippen LogP contribution in [0.1, 0.15) is 44.2 Å². The molecule has 1 heterocycles. The Morgan fingerprint density at radius 3 is 2.95 bits per heavy atom. The Bertz CT molecular complexity index is 532. The quantitative estimate of drug-likeness (QED) is 0.798. The first-order valence-corrected chi connectivity index (χ1v) is 7.74. The third-order valence-corrected chi connectivity index (χ3v) is 4.49. The van der Waals surface area contributed by atoms with Gasteiger partial charge in [-0.1, -0.05) is 17.2 Å². The monoisotopic (exact) mass is 290 g/mol. The van der Waals surface area contributed by atoms with E-state index in [2.05, 4.69) is 15.6 Å². The summed E-state index contributed by atoms with van der Waals surface area (Å²) in [6, 6.07) is 0.219. The fourth-order valence-corrected chi connectivity index (χ4v) is 3.12. The van der Waals surface area contributed by atoms with Crippen LogP contribution in [-0.2, 0) is 17.9 Å². The minimum absolute atomic E-state index is 0.0521. The highest BCUT2D eigenvalue weighted by molar-refractivity contribution is 5.88. The number of nitrogens with zero attached hydrogens (tertiary/aromatic N) is 3. The third kappa shape index (κ3) is 3.50. The highest BCUT2D eigenvalue weighted by Crippen LogP contribution is 2.28. The lowest BCUT2D eigenvalue weighted by Crippen LogP contribution is -2.38. The lowest BCUT2D eigenvalue weighted by Gasteiger charge is -2.21. The Morgan fingerprint density at radius 2 is 2.29 bits per heavy atom.